The average Bonchev–Trinajstić information content (AvgIpc) is 2.40. The standard InChI is InChI=1S/C15H24O4/c1-13(2,3)15(19,12-7-5-4-6-8-12)14(9-16,10-17)11-18/h4-8,16-19H,9-11H2,1-3H3. The summed E-state index contributed by atoms with van der Waals surface area (Å²) in [6.07, 6.45) is 0. The Kier molecular flexibility index (Phi) is 4.74. The van der Waals surface area contributed by atoms with E-state index in [1.165, 1.54) is 0 Å². The van der Waals surface area contributed by atoms with Crippen LogP contribution >= 0.6 is 0 Å². The SMILES string of the molecule is CC(C)(C)C(O)(c1ccccc1)C(CO)(CO)CO. The third-order valence-corrected chi connectivity index (χ3v) is 3.95. The number of aliphatic hydroxyl groups excluding tert-OH is 3. The number of benzene rings is 1. The molecule has 1 rings (SSSR count). The zero-order valence-corrected chi connectivity index (χ0v) is 11.8. The maximum absolute atomic E-state index is 11.2. The summed E-state index contributed by atoms with van der Waals surface area (Å²) in [5.74, 6) is 0. The number of aliphatic hydroxyl groups is 4. The molecule has 19 heavy (non-hydrogen) atoms. The van der Waals surface area contributed by atoms with Gasteiger partial charge in [-0.3, -0.25) is 0 Å². The van der Waals surface area contributed by atoms with Crippen molar-refractivity contribution in [1.29, 1.82) is 0 Å². The lowest BCUT2D eigenvalue weighted by Crippen LogP contribution is -2.59. The molecule has 0 heterocycles. The lowest BCUT2D eigenvalue weighted by molar-refractivity contribution is -0.211. The fourth-order valence-electron chi connectivity index (χ4n) is 2.71. The van der Waals surface area contributed by atoms with Crippen LogP contribution in [0.2, 0.25) is 0 Å². The predicted molar refractivity (Wildman–Crippen MR) is 73.5 cm³/mol. The van der Waals surface area contributed by atoms with E-state index >= 15 is 0 Å². The van der Waals surface area contributed by atoms with Crippen LogP contribution in [0.5, 0.6) is 0 Å². The fraction of sp³-hybridized carbons (Fsp3) is 0.600. The van der Waals surface area contributed by atoms with Crippen LogP contribution in [0.4, 0.5) is 0 Å². The van der Waals surface area contributed by atoms with Gasteiger partial charge in [-0.2, -0.15) is 0 Å². The molecule has 0 aromatic heterocycles. The Bertz CT molecular complexity index is 384. The molecule has 108 valence electrons. The van der Waals surface area contributed by atoms with E-state index in [0.717, 1.165) is 0 Å². The zero-order chi connectivity index (χ0) is 14.7. The first kappa shape index (κ1) is 16.1. The van der Waals surface area contributed by atoms with Crippen LogP contribution in [0.25, 0.3) is 0 Å². The summed E-state index contributed by atoms with van der Waals surface area (Å²) in [6, 6.07) is 8.86. The second-order valence-corrected chi connectivity index (χ2v) is 6.08. The maximum Gasteiger partial charge on any atom is 0.107 e. The van der Waals surface area contributed by atoms with Gasteiger partial charge in [0.2, 0.25) is 0 Å². The van der Waals surface area contributed by atoms with Gasteiger partial charge >= 0.3 is 0 Å². The molecule has 4 heteroatoms. The lowest BCUT2D eigenvalue weighted by Gasteiger charge is -2.52. The van der Waals surface area contributed by atoms with Crippen LogP contribution in [0, 0.1) is 10.8 Å². The van der Waals surface area contributed by atoms with Crippen LogP contribution in [0.3, 0.4) is 0 Å². The summed E-state index contributed by atoms with van der Waals surface area (Å²) in [7, 11) is 0. The highest BCUT2D eigenvalue weighted by Crippen LogP contribution is 2.51. The first-order valence-corrected chi connectivity index (χ1v) is 6.39. The zero-order valence-electron chi connectivity index (χ0n) is 11.8. The molecular weight excluding hydrogens is 244 g/mol. The number of hydrogen-bond donors (Lipinski definition) is 4. The first-order chi connectivity index (χ1) is 8.79. The summed E-state index contributed by atoms with van der Waals surface area (Å²) in [4.78, 5) is 0. The van der Waals surface area contributed by atoms with Crippen molar-refractivity contribution >= 4 is 0 Å². The van der Waals surface area contributed by atoms with Crippen LogP contribution in [0.1, 0.15) is 26.3 Å². The summed E-state index contributed by atoms with van der Waals surface area (Å²) in [5, 5.41) is 40.2. The van der Waals surface area contributed by atoms with Gasteiger partial charge in [0.05, 0.1) is 25.2 Å². The molecule has 0 amide bonds. The molecule has 0 aliphatic carbocycles. The molecule has 0 saturated carbocycles. The maximum atomic E-state index is 11.2. The minimum Gasteiger partial charge on any atom is -0.395 e. The largest absolute Gasteiger partial charge is 0.395 e. The topological polar surface area (TPSA) is 80.9 Å². The smallest absolute Gasteiger partial charge is 0.107 e. The third kappa shape index (κ3) is 2.41. The van der Waals surface area contributed by atoms with E-state index in [2.05, 4.69) is 0 Å². The van der Waals surface area contributed by atoms with Crippen molar-refractivity contribution < 1.29 is 20.4 Å². The van der Waals surface area contributed by atoms with Crippen LogP contribution in [-0.4, -0.2) is 40.2 Å². The summed E-state index contributed by atoms with van der Waals surface area (Å²) >= 11 is 0. The Morgan fingerprint density at radius 3 is 1.58 bits per heavy atom. The molecule has 1 unspecified atom stereocenters. The average molecular weight is 268 g/mol. The van der Waals surface area contributed by atoms with Gasteiger partial charge < -0.3 is 20.4 Å². The number of hydrogen-bond acceptors (Lipinski definition) is 4. The van der Waals surface area contributed by atoms with Crippen molar-refractivity contribution in [2.24, 2.45) is 10.8 Å². The highest BCUT2D eigenvalue weighted by molar-refractivity contribution is 5.28. The second kappa shape index (κ2) is 5.59. The minimum absolute atomic E-state index is 0.511. The van der Waals surface area contributed by atoms with E-state index in [-0.39, 0.29) is 0 Å². The Morgan fingerprint density at radius 2 is 1.26 bits per heavy atom. The molecule has 1 aromatic carbocycles. The third-order valence-electron chi connectivity index (χ3n) is 3.95. The second-order valence-electron chi connectivity index (χ2n) is 6.08. The van der Waals surface area contributed by atoms with Crippen LogP contribution in [0.15, 0.2) is 30.3 Å². The minimum atomic E-state index is -1.56. The Morgan fingerprint density at radius 1 is 0.842 bits per heavy atom. The Hall–Kier alpha value is -0.940. The molecule has 0 saturated heterocycles. The van der Waals surface area contributed by atoms with Crippen molar-refractivity contribution in [2.75, 3.05) is 19.8 Å². The Labute approximate surface area is 114 Å². The highest BCUT2D eigenvalue weighted by Gasteiger charge is 2.57. The summed E-state index contributed by atoms with van der Waals surface area (Å²) in [5.41, 5.74) is -3.08. The van der Waals surface area contributed by atoms with E-state index in [4.69, 9.17) is 0 Å². The molecule has 0 aliphatic heterocycles. The molecule has 0 radical (unpaired) electrons. The number of rotatable bonds is 5. The predicted octanol–water partition coefficient (Wildman–Crippen LogP) is 0.884. The summed E-state index contributed by atoms with van der Waals surface area (Å²) < 4.78 is 0. The molecule has 4 nitrogen and oxygen atoms in total. The van der Waals surface area contributed by atoms with Crippen LogP contribution < -0.4 is 0 Å². The molecule has 4 N–H and O–H groups in total. The van der Waals surface area contributed by atoms with Gasteiger partial charge in [-0.05, 0) is 11.0 Å². The van der Waals surface area contributed by atoms with Gasteiger partial charge in [0.15, 0.2) is 0 Å². The van der Waals surface area contributed by atoms with E-state index in [9.17, 15) is 20.4 Å². The highest BCUT2D eigenvalue weighted by atomic mass is 16.3. The van der Waals surface area contributed by atoms with Crippen molar-refractivity contribution in [1.82, 2.24) is 0 Å². The molecule has 0 aliphatic rings. The monoisotopic (exact) mass is 268 g/mol. The van der Waals surface area contributed by atoms with Gasteiger partial charge in [-0.1, -0.05) is 51.1 Å². The normalized spacial score (nSPS) is 16.2. The van der Waals surface area contributed by atoms with E-state index < -0.39 is 36.3 Å². The molecule has 1 atom stereocenters. The lowest BCUT2D eigenvalue weighted by atomic mass is 9.58. The van der Waals surface area contributed by atoms with E-state index in [1.807, 2.05) is 26.8 Å². The quantitative estimate of drug-likeness (QED) is 0.639. The first-order valence-electron chi connectivity index (χ1n) is 6.39. The van der Waals surface area contributed by atoms with Crippen molar-refractivity contribution in [2.45, 2.75) is 26.4 Å². The van der Waals surface area contributed by atoms with Crippen molar-refractivity contribution in [3.8, 4) is 0 Å². The van der Waals surface area contributed by atoms with Gasteiger partial charge in [-0.25, -0.2) is 0 Å². The van der Waals surface area contributed by atoms with Crippen molar-refractivity contribution in [3.05, 3.63) is 35.9 Å². The van der Waals surface area contributed by atoms with Gasteiger partial charge in [-0.15, -0.1) is 0 Å². The fourth-order valence-corrected chi connectivity index (χ4v) is 2.71. The summed E-state index contributed by atoms with van der Waals surface area (Å²) in [6.45, 7) is 3.91. The van der Waals surface area contributed by atoms with Gasteiger partial charge in [0, 0.05) is 0 Å². The van der Waals surface area contributed by atoms with Crippen LogP contribution in [-0.2, 0) is 5.60 Å². The van der Waals surface area contributed by atoms with E-state index in [1.54, 1.807) is 24.3 Å². The van der Waals surface area contributed by atoms with E-state index in [0.29, 0.717) is 5.56 Å². The Balaban J connectivity index is 3.54. The molecular formula is C15H24O4. The van der Waals surface area contributed by atoms with Crippen molar-refractivity contribution in [3.63, 3.8) is 0 Å². The molecule has 0 spiro atoms. The molecule has 0 fully saturated rings. The molecule has 0 bridgehead atoms. The van der Waals surface area contributed by atoms with Gasteiger partial charge in [0.1, 0.15) is 5.60 Å². The van der Waals surface area contributed by atoms with Gasteiger partial charge in [0.25, 0.3) is 0 Å². The molecule has 1 aromatic rings.